The summed E-state index contributed by atoms with van der Waals surface area (Å²) in [6.07, 6.45) is 9.44. The van der Waals surface area contributed by atoms with Crippen LogP contribution in [-0.4, -0.2) is 0 Å². The van der Waals surface area contributed by atoms with E-state index in [0.29, 0.717) is 11.3 Å². The molecule has 0 unspecified atom stereocenters. The molecule has 0 spiro atoms. The topological polar surface area (TPSA) is 38.2 Å². The highest BCUT2D eigenvalue weighted by Crippen LogP contribution is 2.43. The van der Waals surface area contributed by atoms with Crippen LogP contribution in [0.4, 0.5) is 0 Å². The highest BCUT2D eigenvalue weighted by molar-refractivity contribution is 5.97. The zero-order chi connectivity index (χ0) is 24.9. The Labute approximate surface area is 211 Å². The molecule has 0 aliphatic carbocycles. The van der Waals surface area contributed by atoms with E-state index in [1.807, 2.05) is 30.5 Å². The lowest BCUT2D eigenvalue weighted by atomic mass is 9.86. The lowest BCUT2D eigenvalue weighted by molar-refractivity contribution is -0.762. The molecule has 0 saturated heterocycles. The number of rotatable bonds is 5. The molecule has 4 heterocycles. The van der Waals surface area contributed by atoms with Gasteiger partial charge in [0.2, 0.25) is 11.5 Å². The average Bonchev–Trinajstić information content (AvgIpc) is 3.03. The van der Waals surface area contributed by atoms with E-state index >= 15 is 0 Å². The van der Waals surface area contributed by atoms with Gasteiger partial charge in [-0.05, 0) is 42.0 Å². The Hall–Kier alpha value is -3.79. The zero-order valence-electron chi connectivity index (χ0n) is 21.3. The zero-order valence-corrected chi connectivity index (χ0v) is 21.3. The van der Waals surface area contributed by atoms with Gasteiger partial charge in [-0.25, -0.2) is 4.79 Å². The van der Waals surface area contributed by atoms with E-state index in [1.54, 1.807) is 0 Å². The number of aryl methyl sites for hydroxylation is 1. The second-order valence-corrected chi connectivity index (χ2v) is 9.87. The number of pyridine rings is 2. The van der Waals surface area contributed by atoms with Crippen molar-refractivity contribution in [3.63, 3.8) is 0 Å². The van der Waals surface area contributed by atoms with Crippen LogP contribution in [0.5, 0.6) is 0 Å². The van der Waals surface area contributed by atoms with Crippen molar-refractivity contribution in [3.8, 4) is 22.6 Å². The van der Waals surface area contributed by atoms with Gasteiger partial charge in [-0.1, -0.05) is 57.5 Å². The van der Waals surface area contributed by atoms with Crippen LogP contribution in [0, 0.1) is 0 Å². The Kier molecular flexibility index (Phi) is 5.48. The molecule has 0 atom stereocenters. The van der Waals surface area contributed by atoms with Crippen LogP contribution in [0.3, 0.4) is 0 Å². The summed E-state index contributed by atoms with van der Waals surface area (Å²) in [5.41, 5.74) is 5.48. The van der Waals surface area contributed by atoms with Gasteiger partial charge in [0.15, 0.2) is 12.4 Å². The molecule has 0 saturated carbocycles. The van der Waals surface area contributed by atoms with E-state index < -0.39 is 5.54 Å². The molecule has 0 bridgehead atoms. The summed E-state index contributed by atoms with van der Waals surface area (Å²) in [6, 6.07) is 23.3. The quantitative estimate of drug-likeness (QED) is 0.276. The molecule has 4 heteroatoms. The number of hydrogen-bond acceptors (Lipinski definition) is 2. The molecule has 0 N–H and O–H groups in total. The second-order valence-electron chi connectivity index (χ2n) is 9.87. The first kappa shape index (κ1) is 22.7. The molecule has 3 aromatic heterocycles. The predicted octanol–water partition coefficient (Wildman–Crippen LogP) is 6.37. The summed E-state index contributed by atoms with van der Waals surface area (Å²) < 4.78 is 10.7. The fourth-order valence-electron chi connectivity index (χ4n) is 6.15. The maximum absolute atomic E-state index is 13.2. The number of aromatic nitrogens is 2. The largest absolute Gasteiger partial charge is 0.411 e. The lowest BCUT2D eigenvalue weighted by Crippen LogP contribution is -2.61. The molecule has 6 rings (SSSR count). The summed E-state index contributed by atoms with van der Waals surface area (Å²) in [5, 5.41) is 2.47. The van der Waals surface area contributed by atoms with Crippen LogP contribution in [0.15, 0.2) is 88.3 Å². The summed E-state index contributed by atoms with van der Waals surface area (Å²) in [6.45, 7) is 6.71. The highest BCUT2D eigenvalue weighted by Gasteiger charge is 2.53. The second kappa shape index (κ2) is 8.70. The minimum absolute atomic E-state index is 0.313. The van der Waals surface area contributed by atoms with Gasteiger partial charge in [-0.3, -0.25) is 0 Å². The molecule has 36 heavy (non-hydrogen) atoms. The van der Waals surface area contributed by atoms with Gasteiger partial charge in [0.1, 0.15) is 0 Å². The molecule has 0 fully saturated rings. The minimum Gasteiger partial charge on any atom is -0.411 e. The standard InChI is InChI=1S/C32H32N2O2/c1-4-7-12-22-16-17-24-23(21-22)18-20-34-28(24)25-13-8-9-14-26(25)29-30(32(34,5-2)6-3)33-19-11-10-15-27(33)31(35)36-29/h8-11,13-21H,4-7,12H2,1-3H3/q+2. The van der Waals surface area contributed by atoms with Gasteiger partial charge >= 0.3 is 11.3 Å². The van der Waals surface area contributed by atoms with Gasteiger partial charge < -0.3 is 4.42 Å². The number of nitrogens with zero attached hydrogens (tertiary/aromatic N) is 2. The molecule has 180 valence electrons. The Morgan fingerprint density at radius 3 is 2.42 bits per heavy atom. The number of hydrogen-bond donors (Lipinski definition) is 0. The first-order valence-corrected chi connectivity index (χ1v) is 13.2. The van der Waals surface area contributed by atoms with Gasteiger partial charge in [0, 0.05) is 36.6 Å². The molecule has 1 aliphatic rings. The maximum Gasteiger partial charge on any atom is 0.409 e. The van der Waals surface area contributed by atoms with Gasteiger partial charge in [-0.15, -0.1) is 4.40 Å². The Morgan fingerprint density at radius 1 is 0.861 bits per heavy atom. The SMILES string of the molecule is CCCCc1ccc2c3[n+](ccc2c1)C(CC)(CC)c1c(oc(=O)c2cccc[n+]12)-c1ccccc1-3. The van der Waals surface area contributed by atoms with E-state index in [1.165, 1.54) is 34.9 Å². The van der Waals surface area contributed by atoms with E-state index in [9.17, 15) is 4.79 Å². The summed E-state index contributed by atoms with van der Waals surface area (Å²) in [5.74, 6) is 0.666. The van der Waals surface area contributed by atoms with Crippen LogP contribution in [0.25, 0.3) is 38.9 Å². The summed E-state index contributed by atoms with van der Waals surface area (Å²) in [4.78, 5) is 13.2. The minimum atomic E-state index is -0.403. The third-order valence-corrected chi connectivity index (χ3v) is 8.05. The van der Waals surface area contributed by atoms with Gasteiger partial charge in [-0.2, -0.15) is 4.57 Å². The van der Waals surface area contributed by atoms with Crippen molar-refractivity contribution in [2.24, 2.45) is 0 Å². The summed E-state index contributed by atoms with van der Waals surface area (Å²) in [7, 11) is 0. The van der Waals surface area contributed by atoms with Crippen LogP contribution < -0.4 is 14.6 Å². The molecule has 4 nitrogen and oxygen atoms in total. The van der Waals surface area contributed by atoms with Crippen molar-refractivity contribution >= 4 is 16.3 Å². The van der Waals surface area contributed by atoms with Crippen LogP contribution in [0.2, 0.25) is 0 Å². The predicted molar refractivity (Wildman–Crippen MR) is 143 cm³/mol. The first-order chi connectivity index (χ1) is 17.6. The van der Waals surface area contributed by atoms with Crippen molar-refractivity contribution in [2.45, 2.75) is 58.4 Å². The molecule has 0 amide bonds. The van der Waals surface area contributed by atoms with Crippen molar-refractivity contribution in [2.75, 3.05) is 0 Å². The lowest BCUT2D eigenvalue weighted by Gasteiger charge is -2.24. The Bertz CT molecular complexity index is 1680. The number of fused-ring (bicyclic) bond motifs is 9. The van der Waals surface area contributed by atoms with Gasteiger partial charge in [0.05, 0.1) is 10.9 Å². The van der Waals surface area contributed by atoms with Crippen molar-refractivity contribution in [3.05, 3.63) is 101 Å². The fourth-order valence-corrected chi connectivity index (χ4v) is 6.15. The molecular weight excluding hydrogens is 444 g/mol. The van der Waals surface area contributed by atoms with Crippen LogP contribution in [0.1, 0.15) is 57.7 Å². The third-order valence-electron chi connectivity index (χ3n) is 8.05. The highest BCUT2D eigenvalue weighted by atomic mass is 16.4. The number of unbranched alkanes of at least 4 members (excludes halogenated alkanes) is 1. The van der Waals surface area contributed by atoms with Crippen molar-refractivity contribution in [1.82, 2.24) is 0 Å². The monoisotopic (exact) mass is 476 g/mol. The Balaban J connectivity index is 1.79. The van der Waals surface area contributed by atoms with Gasteiger partial charge in [0.25, 0.3) is 11.1 Å². The Morgan fingerprint density at radius 2 is 1.64 bits per heavy atom. The average molecular weight is 477 g/mol. The maximum atomic E-state index is 13.2. The first-order valence-electron chi connectivity index (χ1n) is 13.2. The van der Waals surface area contributed by atoms with Crippen LogP contribution >= 0.6 is 0 Å². The van der Waals surface area contributed by atoms with E-state index in [2.05, 4.69) is 78.4 Å². The molecular formula is C32H32N2O2+2. The molecule has 2 aromatic carbocycles. The van der Waals surface area contributed by atoms with Crippen LogP contribution in [-0.2, 0) is 12.0 Å². The summed E-state index contributed by atoms with van der Waals surface area (Å²) >= 11 is 0. The third kappa shape index (κ3) is 3.17. The van der Waals surface area contributed by atoms with Crippen molar-refractivity contribution < 1.29 is 13.4 Å². The number of benzene rings is 2. The normalized spacial score (nSPS) is 13.8. The van der Waals surface area contributed by atoms with E-state index in [-0.39, 0.29) is 5.63 Å². The molecule has 1 aliphatic heterocycles. The smallest absolute Gasteiger partial charge is 0.409 e. The van der Waals surface area contributed by atoms with E-state index in [4.69, 9.17) is 4.42 Å². The molecule has 0 radical (unpaired) electrons. The fraction of sp³-hybridized carbons (Fsp3) is 0.281. The molecule has 5 aromatic rings. The van der Waals surface area contributed by atoms with Crippen molar-refractivity contribution in [1.29, 1.82) is 0 Å². The van der Waals surface area contributed by atoms with E-state index in [0.717, 1.165) is 36.1 Å².